The number of carbonyl (C=O) groups is 1. The number of rotatable bonds is 3. The monoisotopic (exact) mass is 219 g/mol. The molecule has 1 atom stereocenters. The van der Waals surface area contributed by atoms with E-state index in [1.54, 1.807) is 0 Å². The molecule has 1 saturated heterocycles. The average molecular weight is 219 g/mol. The molecule has 0 saturated carbocycles. The van der Waals surface area contributed by atoms with Crippen molar-refractivity contribution in [3.63, 3.8) is 0 Å². The van der Waals surface area contributed by atoms with E-state index in [2.05, 4.69) is 10.2 Å². The Bertz CT molecular complexity index is 347. The molecule has 1 aromatic rings. The highest BCUT2D eigenvalue weighted by molar-refractivity contribution is 5.81. The van der Waals surface area contributed by atoms with Crippen molar-refractivity contribution >= 4 is 5.91 Å². The Balaban J connectivity index is 2.20. The van der Waals surface area contributed by atoms with Gasteiger partial charge in [0.15, 0.2) is 0 Å². The van der Waals surface area contributed by atoms with Crippen LogP contribution >= 0.6 is 0 Å². The van der Waals surface area contributed by atoms with Crippen molar-refractivity contribution in [1.82, 2.24) is 10.2 Å². The van der Waals surface area contributed by atoms with Crippen molar-refractivity contribution < 1.29 is 4.79 Å². The topological polar surface area (TPSA) is 58.4 Å². The molecule has 1 aliphatic heterocycles. The quantitative estimate of drug-likeness (QED) is 0.759. The molecule has 16 heavy (non-hydrogen) atoms. The lowest BCUT2D eigenvalue weighted by atomic mass is 10.0. The van der Waals surface area contributed by atoms with Gasteiger partial charge in [-0.3, -0.25) is 9.69 Å². The molecule has 1 aromatic carbocycles. The van der Waals surface area contributed by atoms with Crippen molar-refractivity contribution in [2.24, 2.45) is 5.73 Å². The molecule has 0 aliphatic carbocycles. The molecule has 0 bridgehead atoms. The molecule has 2 rings (SSSR count). The lowest BCUT2D eigenvalue weighted by Crippen LogP contribution is -2.48. The zero-order valence-electron chi connectivity index (χ0n) is 9.23. The molecular formula is C12H17N3O. The molecular weight excluding hydrogens is 202 g/mol. The molecule has 1 heterocycles. The Morgan fingerprint density at radius 3 is 2.44 bits per heavy atom. The molecule has 0 radical (unpaired) electrons. The zero-order chi connectivity index (χ0) is 11.4. The largest absolute Gasteiger partial charge is 0.368 e. The normalized spacial score (nSPS) is 19.2. The van der Waals surface area contributed by atoms with Crippen LogP contribution in [0.5, 0.6) is 0 Å². The maximum Gasteiger partial charge on any atom is 0.239 e. The second-order valence-electron chi connectivity index (χ2n) is 4.00. The fraction of sp³-hybridized carbons (Fsp3) is 0.417. The van der Waals surface area contributed by atoms with E-state index in [-0.39, 0.29) is 11.9 Å². The van der Waals surface area contributed by atoms with Crippen LogP contribution in [0.1, 0.15) is 11.6 Å². The second-order valence-corrected chi connectivity index (χ2v) is 4.00. The molecule has 1 aliphatic rings. The van der Waals surface area contributed by atoms with Gasteiger partial charge in [-0.2, -0.15) is 0 Å². The van der Waals surface area contributed by atoms with Crippen molar-refractivity contribution in [2.45, 2.75) is 6.04 Å². The summed E-state index contributed by atoms with van der Waals surface area (Å²) in [7, 11) is 0. The number of piperazine rings is 1. The summed E-state index contributed by atoms with van der Waals surface area (Å²) >= 11 is 0. The van der Waals surface area contributed by atoms with Crippen LogP contribution in [-0.2, 0) is 4.79 Å². The van der Waals surface area contributed by atoms with E-state index < -0.39 is 0 Å². The fourth-order valence-corrected chi connectivity index (χ4v) is 2.13. The first-order chi connectivity index (χ1) is 7.79. The van der Waals surface area contributed by atoms with Gasteiger partial charge in [-0.05, 0) is 5.56 Å². The molecule has 1 fully saturated rings. The standard InChI is InChI=1S/C12H17N3O/c13-12(16)11(10-4-2-1-3-5-10)15-8-6-14-7-9-15/h1-5,11,14H,6-9H2,(H2,13,16). The van der Waals surface area contributed by atoms with Gasteiger partial charge in [0.05, 0.1) is 0 Å². The van der Waals surface area contributed by atoms with Crippen LogP contribution in [0.4, 0.5) is 0 Å². The minimum atomic E-state index is -0.289. The van der Waals surface area contributed by atoms with Gasteiger partial charge in [0.1, 0.15) is 6.04 Å². The second kappa shape index (κ2) is 5.09. The molecule has 1 amide bonds. The van der Waals surface area contributed by atoms with Gasteiger partial charge < -0.3 is 11.1 Å². The summed E-state index contributed by atoms with van der Waals surface area (Å²) in [6.07, 6.45) is 0. The molecule has 0 spiro atoms. The van der Waals surface area contributed by atoms with Gasteiger partial charge in [-0.1, -0.05) is 30.3 Å². The van der Waals surface area contributed by atoms with Crippen LogP contribution < -0.4 is 11.1 Å². The van der Waals surface area contributed by atoms with E-state index in [1.807, 2.05) is 30.3 Å². The molecule has 3 N–H and O–H groups in total. The van der Waals surface area contributed by atoms with Crippen LogP contribution in [0.3, 0.4) is 0 Å². The minimum absolute atomic E-state index is 0.270. The number of hydrogen-bond acceptors (Lipinski definition) is 3. The van der Waals surface area contributed by atoms with Gasteiger partial charge in [0, 0.05) is 26.2 Å². The summed E-state index contributed by atoms with van der Waals surface area (Å²) in [5.41, 5.74) is 6.48. The predicted octanol–water partition coefficient (Wildman–Crippen LogP) is 0.118. The zero-order valence-corrected chi connectivity index (χ0v) is 9.23. The van der Waals surface area contributed by atoms with Gasteiger partial charge in [0.2, 0.25) is 5.91 Å². The SMILES string of the molecule is NC(=O)C(c1ccccc1)N1CCNCC1. The number of nitrogens with two attached hydrogens (primary N) is 1. The molecule has 4 heteroatoms. The average Bonchev–Trinajstić information content (AvgIpc) is 2.31. The number of primary amides is 1. The first-order valence-electron chi connectivity index (χ1n) is 5.58. The minimum Gasteiger partial charge on any atom is -0.368 e. The molecule has 86 valence electrons. The van der Waals surface area contributed by atoms with Gasteiger partial charge in [-0.25, -0.2) is 0 Å². The van der Waals surface area contributed by atoms with Crippen molar-refractivity contribution in [3.05, 3.63) is 35.9 Å². The number of carbonyl (C=O) groups excluding carboxylic acids is 1. The van der Waals surface area contributed by atoms with Gasteiger partial charge in [0.25, 0.3) is 0 Å². The smallest absolute Gasteiger partial charge is 0.239 e. The van der Waals surface area contributed by atoms with Crippen LogP contribution in [0.2, 0.25) is 0 Å². The van der Waals surface area contributed by atoms with E-state index >= 15 is 0 Å². The third-order valence-corrected chi connectivity index (χ3v) is 2.90. The number of amides is 1. The molecule has 1 unspecified atom stereocenters. The summed E-state index contributed by atoms with van der Waals surface area (Å²) in [6.45, 7) is 3.55. The maximum atomic E-state index is 11.6. The third kappa shape index (κ3) is 2.40. The van der Waals surface area contributed by atoms with E-state index in [1.165, 1.54) is 0 Å². The summed E-state index contributed by atoms with van der Waals surface area (Å²) in [5, 5.41) is 3.27. The first kappa shape index (κ1) is 11.1. The maximum absolute atomic E-state index is 11.6. The highest BCUT2D eigenvalue weighted by atomic mass is 16.1. The van der Waals surface area contributed by atoms with Gasteiger partial charge in [-0.15, -0.1) is 0 Å². The summed E-state index contributed by atoms with van der Waals surface area (Å²) < 4.78 is 0. The van der Waals surface area contributed by atoms with E-state index in [4.69, 9.17) is 5.73 Å². The van der Waals surface area contributed by atoms with E-state index in [0.29, 0.717) is 0 Å². The summed E-state index contributed by atoms with van der Waals surface area (Å²) in [5.74, 6) is -0.270. The number of nitrogens with zero attached hydrogens (tertiary/aromatic N) is 1. The lowest BCUT2D eigenvalue weighted by Gasteiger charge is -2.33. The summed E-state index contributed by atoms with van der Waals surface area (Å²) in [4.78, 5) is 13.7. The van der Waals surface area contributed by atoms with Crippen LogP contribution in [-0.4, -0.2) is 37.0 Å². The Kier molecular flexibility index (Phi) is 3.54. The van der Waals surface area contributed by atoms with Crippen molar-refractivity contribution in [1.29, 1.82) is 0 Å². The first-order valence-corrected chi connectivity index (χ1v) is 5.58. The third-order valence-electron chi connectivity index (χ3n) is 2.90. The molecule has 4 nitrogen and oxygen atoms in total. The fourth-order valence-electron chi connectivity index (χ4n) is 2.13. The van der Waals surface area contributed by atoms with E-state index in [0.717, 1.165) is 31.7 Å². The highest BCUT2D eigenvalue weighted by Crippen LogP contribution is 2.20. The lowest BCUT2D eigenvalue weighted by molar-refractivity contribution is -0.123. The Morgan fingerprint density at radius 2 is 1.88 bits per heavy atom. The van der Waals surface area contributed by atoms with Crippen LogP contribution in [0.25, 0.3) is 0 Å². The Hall–Kier alpha value is -1.39. The highest BCUT2D eigenvalue weighted by Gasteiger charge is 2.26. The number of benzene rings is 1. The summed E-state index contributed by atoms with van der Waals surface area (Å²) in [6, 6.07) is 9.44. The Morgan fingerprint density at radius 1 is 1.25 bits per heavy atom. The molecule has 0 aromatic heterocycles. The number of nitrogens with one attached hydrogen (secondary N) is 1. The Labute approximate surface area is 95.4 Å². The van der Waals surface area contributed by atoms with Crippen molar-refractivity contribution in [3.8, 4) is 0 Å². The van der Waals surface area contributed by atoms with Crippen LogP contribution in [0.15, 0.2) is 30.3 Å². The van der Waals surface area contributed by atoms with E-state index in [9.17, 15) is 4.79 Å². The van der Waals surface area contributed by atoms with Crippen LogP contribution in [0, 0.1) is 0 Å². The predicted molar refractivity (Wildman–Crippen MR) is 62.8 cm³/mol. The van der Waals surface area contributed by atoms with Crippen molar-refractivity contribution in [2.75, 3.05) is 26.2 Å². The van der Waals surface area contributed by atoms with Gasteiger partial charge >= 0.3 is 0 Å². The number of hydrogen-bond donors (Lipinski definition) is 2.